The Balaban J connectivity index is 2.51. The van der Waals surface area contributed by atoms with Crippen LogP contribution in [0.15, 0.2) is 53.6 Å². The highest BCUT2D eigenvalue weighted by Crippen LogP contribution is 2.41. The van der Waals surface area contributed by atoms with Crippen molar-refractivity contribution in [1.82, 2.24) is 0 Å². The predicted octanol–water partition coefficient (Wildman–Crippen LogP) is 5.10. The van der Waals surface area contributed by atoms with Crippen LogP contribution in [0, 0.1) is 11.8 Å². The van der Waals surface area contributed by atoms with Gasteiger partial charge in [-0.2, -0.15) is 0 Å². The third-order valence-electron chi connectivity index (χ3n) is 4.25. The van der Waals surface area contributed by atoms with E-state index in [1.165, 1.54) is 16.7 Å². The molecule has 0 spiro atoms. The molecule has 0 N–H and O–H groups in total. The van der Waals surface area contributed by atoms with E-state index in [2.05, 4.69) is 70.2 Å². The molecule has 0 amide bonds. The summed E-state index contributed by atoms with van der Waals surface area (Å²) >= 11 is 0. The van der Waals surface area contributed by atoms with Crippen LogP contribution in [0.1, 0.15) is 39.7 Å². The number of ether oxygens (including phenoxy) is 1. The lowest BCUT2D eigenvalue weighted by atomic mass is 9.76. The van der Waals surface area contributed by atoms with Crippen LogP contribution in [0.4, 0.5) is 0 Å². The topological polar surface area (TPSA) is 9.23 Å². The van der Waals surface area contributed by atoms with E-state index in [0.29, 0.717) is 11.8 Å². The molecule has 0 saturated carbocycles. The van der Waals surface area contributed by atoms with Gasteiger partial charge in [0.25, 0.3) is 0 Å². The van der Waals surface area contributed by atoms with Crippen molar-refractivity contribution in [2.75, 3.05) is 7.11 Å². The van der Waals surface area contributed by atoms with Crippen LogP contribution < -0.4 is 0 Å². The summed E-state index contributed by atoms with van der Waals surface area (Å²) in [6.45, 7) is 9.02. The summed E-state index contributed by atoms with van der Waals surface area (Å²) in [5, 5.41) is 0. The fraction of sp³-hybridized carbons (Fsp3) is 0.474. The van der Waals surface area contributed by atoms with E-state index in [4.69, 9.17) is 4.74 Å². The number of benzene rings is 1. The third kappa shape index (κ3) is 2.88. The summed E-state index contributed by atoms with van der Waals surface area (Å²) in [5.41, 5.74) is 3.79. The lowest BCUT2D eigenvalue weighted by molar-refractivity contribution is 0.0253. The van der Waals surface area contributed by atoms with Gasteiger partial charge in [-0.15, -0.1) is 0 Å². The van der Waals surface area contributed by atoms with Gasteiger partial charge < -0.3 is 4.74 Å². The standard InChI is InChI=1S/C19H26O/c1-14(2)16-11-17(15(3)4)13-19(12-16,20-5)18-9-7-6-8-10-18/h6-12,14-15H,13H2,1-5H3. The first kappa shape index (κ1) is 15.1. The van der Waals surface area contributed by atoms with Crippen molar-refractivity contribution in [2.45, 2.75) is 39.7 Å². The molecule has 1 aliphatic carbocycles. The third-order valence-corrected chi connectivity index (χ3v) is 4.25. The molecule has 1 aromatic rings. The Labute approximate surface area is 123 Å². The predicted molar refractivity (Wildman–Crippen MR) is 85.6 cm³/mol. The molecule has 2 rings (SSSR count). The summed E-state index contributed by atoms with van der Waals surface area (Å²) < 4.78 is 6.01. The molecule has 0 radical (unpaired) electrons. The van der Waals surface area contributed by atoms with E-state index in [-0.39, 0.29) is 5.60 Å². The highest BCUT2D eigenvalue weighted by atomic mass is 16.5. The molecule has 0 bridgehead atoms. The summed E-state index contributed by atoms with van der Waals surface area (Å²) in [6, 6.07) is 10.6. The molecule has 1 nitrogen and oxygen atoms in total. The molecule has 1 aliphatic rings. The normalized spacial score (nSPS) is 22.9. The first-order valence-corrected chi connectivity index (χ1v) is 7.52. The van der Waals surface area contributed by atoms with Gasteiger partial charge in [0.15, 0.2) is 0 Å². The van der Waals surface area contributed by atoms with E-state index in [1.54, 1.807) is 0 Å². The largest absolute Gasteiger partial charge is 0.369 e. The molecule has 0 aromatic heterocycles. The molecule has 1 atom stereocenters. The van der Waals surface area contributed by atoms with Crippen molar-refractivity contribution < 1.29 is 4.74 Å². The average Bonchev–Trinajstić information content (AvgIpc) is 2.47. The van der Waals surface area contributed by atoms with Crippen molar-refractivity contribution in [3.05, 3.63) is 59.2 Å². The Hall–Kier alpha value is -1.34. The van der Waals surface area contributed by atoms with Crippen molar-refractivity contribution in [3.63, 3.8) is 0 Å². The number of hydrogen-bond acceptors (Lipinski definition) is 1. The van der Waals surface area contributed by atoms with E-state index in [1.807, 2.05) is 7.11 Å². The summed E-state index contributed by atoms with van der Waals surface area (Å²) in [6.07, 6.45) is 5.63. The van der Waals surface area contributed by atoms with Crippen LogP contribution >= 0.6 is 0 Å². The number of allylic oxidation sites excluding steroid dienone is 2. The minimum atomic E-state index is -0.310. The van der Waals surface area contributed by atoms with E-state index in [0.717, 1.165) is 6.42 Å². The molecular formula is C19H26O. The Morgan fingerprint density at radius 1 is 1.00 bits per heavy atom. The van der Waals surface area contributed by atoms with Crippen LogP contribution in [0.5, 0.6) is 0 Å². The minimum Gasteiger partial charge on any atom is -0.369 e. The van der Waals surface area contributed by atoms with Gasteiger partial charge in [-0.25, -0.2) is 0 Å². The van der Waals surface area contributed by atoms with Gasteiger partial charge in [-0.05, 0) is 29.0 Å². The first-order valence-electron chi connectivity index (χ1n) is 7.52. The SMILES string of the molecule is COC1(c2ccccc2)C=C(C(C)C)C=C(C(C)C)C1. The van der Waals surface area contributed by atoms with Crippen molar-refractivity contribution in [1.29, 1.82) is 0 Å². The Bertz CT molecular complexity index is 508. The molecule has 0 heterocycles. The zero-order valence-electron chi connectivity index (χ0n) is 13.3. The zero-order valence-corrected chi connectivity index (χ0v) is 13.3. The van der Waals surface area contributed by atoms with Gasteiger partial charge in [0.1, 0.15) is 5.60 Å². The maximum atomic E-state index is 6.01. The van der Waals surface area contributed by atoms with Crippen LogP contribution in [-0.2, 0) is 10.3 Å². The van der Waals surface area contributed by atoms with Gasteiger partial charge in [0.05, 0.1) is 0 Å². The van der Waals surface area contributed by atoms with Crippen LogP contribution in [0.3, 0.4) is 0 Å². The van der Waals surface area contributed by atoms with E-state index < -0.39 is 0 Å². The first-order chi connectivity index (χ1) is 9.48. The van der Waals surface area contributed by atoms with Crippen LogP contribution in [0.25, 0.3) is 0 Å². The molecule has 1 unspecified atom stereocenters. The molecule has 0 fully saturated rings. The van der Waals surface area contributed by atoms with Crippen LogP contribution in [-0.4, -0.2) is 7.11 Å². The maximum absolute atomic E-state index is 6.01. The number of hydrogen-bond donors (Lipinski definition) is 0. The van der Waals surface area contributed by atoms with Gasteiger partial charge in [-0.1, -0.05) is 69.7 Å². The molecule has 1 heteroatoms. The van der Waals surface area contributed by atoms with E-state index >= 15 is 0 Å². The van der Waals surface area contributed by atoms with Gasteiger partial charge >= 0.3 is 0 Å². The van der Waals surface area contributed by atoms with Gasteiger partial charge in [-0.3, -0.25) is 0 Å². The Kier molecular flexibility index (Phi) is 4.49. The average molecular weight is 270 g/mol. The molecule has 0 aliphatic heterocycles. The molecule has 1 aromatic carbocycles. The Morgan fingerprint density at radius 3 is 2.15 bits per heavy atom. The smallest absolute Gasteiger partial charge is 0.115 e. The second kappa shape index (κ2) is 5.97. The molecule has 0 saturated heterocycles. The molecule has 108 valence electrons. The zero-order chi connectivity index (χ0) is 14.8. The van der Waals surface area contributed by atoms with Gasteiger partial charge in [0, 0.05) is 13.5 Å². The quantitative estimate of drug-likeness (QED) is 0.740. The highest BCUT2D eigenvalue weighted by Gasteiger charge is 2.34. The number of methoxy groups -OCH3 is 1. The Morgan fingerprint density at radius 2 is 1.65 bits per heavy atom. The highest BCUT2D eigenvalue weighted by molar-refractivity contribution is 5.41. The number of rotatable bonds is 4. The van der Waals surface area contributed by atoms with Crippen molar-refractivity contribution in [2.24, 2.45) is 11.8 Å². The fourth-order valence-corrected chi connectivity index (χ4v) is 2.79. The van der Waals surface area contributed by atoms with Gasteiger partial charge in [0.2, 0.25) is 0 Å². The maximum Gasteiger partial charge on any atom is 0.115 e. The van der Waals surface area contributed by atoms with Crippen LogP contribution in [0.2, 0.25) is 0 Å². The summed E-state index contributed by atoms with van der Waals surface area (Å²) in [4.78, 5) is 0. The van der Waals surface area contributed by atoms with Crippen molar-refractivity contribution in [3.8, 4) is 0 Å². The molecule has 20 heavy (non-hydrogen) atoms. The van der Waals surface area contributed by atoms with Crippen molar-refractivity contribution >= 4 is 0 Å². The lowest BCUT2D eigenvalue weighted by Crippen LogP contribution is -2.30. The monoisotopic (exact) mass is 270 g/mol. The minimum absolute atomic E-state index is 0.310. The molecular weight excluding hydrogens is 244 g/mol. The van der Waals surface area contributed by atoms with E-state index in [9.17, 15) is 0 Å². The second-order valence-corrected chi connectivity index (χ2v) is 6.31. The summed E-state index contributed by atoms with van der Waals surface area (Å²) in [7, 11) is 1.82. The lowest BCUT2D eigenvalue weighted by Gasteiger charge is -2.36. The second-order valence-electron chi connectivity index (χ2n) is 6.31. The summed E-state index contributed by atoms with van der Waals surface area (Å²) in [5.74, 6) is 1.07. The fourth-order valence-electron chi connectivity index (χ4n) is 2.79.